The Hall–Kier alpha value is -1.99. The molecule has 1 unspecified atom stereocenters. The molecule has 2 aliphatic rings. The van der Waals surface area contributed by atoms with Crippen molar-refractivity contribution in [2.24, 2.45) is 0 Å². The quantitative estimate of drug-likeness (QED) is 0.836. The maximum atomic E-state index is 12.7. The molecule has 0 bridgehead atoms. The van der Waals surface area contributed by atoms with Crippen LogP contribution < -0.4 is 0 Å². The van der Waals surface area contributed by atoms with Crippen molar-refractivity contribution in [1.82, 2.24) is 14.7 Å². The van der Waals surface area contributed by atoms with E-state index in [-0.39, 0.29) is 18.6 Å². The number of likely N-dealkylation sites (tertiary alicyclic amines) is 2. The van der Waals surface area contributed by atoms with Crippen molar-refractivity contribution < 1.29 is 24.2 Å². The second-order valence-electron chi connectivity index (χ2n) is 7.72. The predicted molar refractivity (Wildman–Crippen MR) is 91.4 cm³/mol. The second kappa shape index (κ2) is 7.93. The Morgan fingerprint density at radius 1 is 1.08 bits per heavy atom. The van der Waals surface area contributed by atoms with Crippen LogP contribution in [0.15, 0.2) is 0 Å². The third-order valence-electron chi connectivity index (χ3n) is 4.42. The molecule has 0 aromatic rings. The van der Waals surface area contributed by atoms with Crippen LogP contribution in [0.3, 0.4) is 0 Å². The van der Waals surface area contributed by atoms with Gasteiger partial charge in [-0.15, -0.1) is 0 Å². The first-order valence-corrected chi connectivity index (χ1v) is 8.92. The lowest BCUT2D eigenvalue weighted by atomic mass is 10.0. The largest absolute Gasteiger partial charge is 0.480 e. The Kier molecular flexibility index (Phi) is 6.13. The Morgan fingerprint density at radius 2 is 1.68 bits per heavy atom. The molecule has 2 fully saturated rings. The number of urea groups is 1. The van der Waals surface area contributed by atoms with Crippen molar-refractivity contribution in [3.05, 3.63) is 0 Å². The van der Waals surface area contributed by atoms with Gasteiger partial charge < -0.3 is 24.5 Å². The molecule has 142 valence electrons. The summed E-state index contributed by atoms with van der Waals surface area (Å²) in [7, 11) is 0. The van der Waals surface area contributed by atoms with Crippen LogP contribution in [0.4, 0.5) is 9.59 Å². The van der Waals surface area contributed by atoms with Gasteiger partial charge in [0.05, 0.1) is 6.04 Å². The fraction of sp³-hybridized carbons (Fsp3) is 0.824. The summed E-state index contributed by atoms with van der Waals surface area (Å²) in [6.45, 7) is 7.27. The fourth-order valence-corrected chi connectivity index (χ4v) is 3.29. The molecule has 0 spiro atoms. The number of carbonyl (C=O) groups excluding carboxylic acids is 2. The van der Waals surface area contributed by atoms with E-state index in [1.165, 1.54) is 4.90 Å². The van der Waals surface area contributed by atoms with E-state index in [2.05, 4.69) is 0 Å². The molecule has 8 nitrogen and oxygen atoms in total. The van der Waals surface area contributed by atoms with Crippen molar-refractivity contribution in [2.75, 3.05) is 32.7 Å². The standard InChI is InChI=1S/C17H29N3O5/c1-17(2,3)25-16(24)19-10-6-7-13(11-19)20(12-14(21)22)15(23)18-8-4-5-9-18/h13H,4-12H2,1-3H3,(H,21,22). The summed E-state index contributed by atoms with van der Waals surface area (Å²) in [4.78, 5) is 41.0. The zero-order chi connectivity index (χ0) is 18.6. The monoisotopic (exact) mass is 355 g/mol. The number of ether oxygens (including phenoxy) is 1. The van der Waals surface area contributed by atoms with E-state index in [1.807, 2.05) is 0 Å². The highest BCUT2D eigenvalue weighted by Gasteiger charge is 2.35. The zero-order valence-electron chi connectivity index (χ0n) is 15.4. The summed E-state index contributed by atoms with van der Waals surface area (Å²) in [5.74, 6) is -1.04. The van der Waals surface area contributed by atoms with E-state index in [9.17, 15) is 19.5 Å². The number of carboxylic acids is 1. The minimum atomic E-state index is -1.04. The highest BCUT2D eigenvalue weighted by atomic mass is 16.6. The van der Waals surface area contributed by atoms with Gasteiger partial charge in [-0.2, -0.15) is 0 Å². The van der Waals surface area contributed by atoms with Crippen molar-refractivity contribution in [3.8, 4) is 0 Å². The first-order valence-electron chi connectivity index (χ1n) is 8.92. The van der Waals surface area contributed by atoms with Gasteiger partial charge in [-0.25, -0.2) is 9.59 Å². The van der Waals surface area contributed by atoms with Crippen LogP contribution in [0, 0.1) is 0 Å². The van der Waals surface area contributed by atoms with Gasteiger partial charge in [-0.1, -0.05) is 0 Å². The third kappa shape index (κ3) is 5.51. The lowest BCUT2D eigenvalue weighted by Gasteiger charge is -2.40. The zero-order valence-corrected chi connectivity index (χ0v) is 15.4. The summed E-state index contributed by atoms with van der Waals surface area (Å²) >= 11 is 0. The molecule has 3 amide bonds. The van der Waals surface area contributed by atoms with Crippen LogP contribution in [0.1, 0.15) is 46.5 Å². The average Bonchev–Trinajstić information content (AvgIpc) is 3.04. The minimum absolute atomic E-state index is 0.240. The number of rotatable bonds is 3. The molecule has 2 heterocycles. The van der Waals surface area contributed by atoms with E-state index in [0.29, 0.717) is 39.0 Å². The van der Waals surface area contributed by atoms with Crippen LogP contribution in [0.2, 0.25) is 0 Å². The van der Waals surface area contributed by atoms with Gasteiger partial charge >= 0.3 is 18.1 Å². The molecule has 1 atom stereocenters. The van der Waals surface area contributed by atoms with Crippen molar-refractivity contribution in [2.45, 2.75) is 58.1 Å². The molecule has 0 saturated carbocycles. The van der Waals surface area contributed by atoms with Gasteiger partial charge in [0.25, 0.3) is 0 Å². The normalized spacial score (nSPS) is 21.2. The molecule has 0 aromatic carbocycles. The molecule has 0 aliphatic carbocycles. The van der Waals surface area contributed by atoms with Crippen molar-refractivity contribution >= 4 is 18.1 Å². The summed E-state index contributed by atoms with van der Waals surface area (Å²) < 4.78 is 5.40. The molecule has 25 heavy (non-hydrogen) atoms. The number of nitrogens with zero attached hydrogens (tertiary/aromatic N) is 3. The van der Waals surface area contributed by atoms with Gasteiger partial charge in [-0.3, -0.25) is 4.79 Å². The maximum absolute atomic E-state index is 12.7. The second-order valence-corrected chi connectivity index (χ2v) is 7.72. The Morgan fingerprint density at radius 3 is 2.24 bits per heavy atom. The van der Waals surface area contributed by atoms with E-state index in [4.69, 9.17) is 4.74 Å². The lowest BCUT2D eigenvalue weighted by molar-refractivity contribution is -0.138. The molecular weight excluding hydrogens is 326 g/mol. The number of hydrogen-bond acceptors (Lipinski definition) is 4. The van der Waals surface area contributed by atoms with Crippen LogP contribution in [-0.4, -0.2) is 82.3 Å². The molecule has 2 saturated heterocycles. The van der Waals surface area contributed by atoms with Crippen LogP contribution in [0.5, 0.6) is 0 Å². The van der Waals surface area contributed by atoms with E-state index in [1.54, 1.807) is 30.6 Å². The highest BCUT2D eigenvalue weighted by molar-refractivity contribution is 5.81. The first kappa shape index (κ1) is 19.3. The van der Waals surface area contributed by atoms with Crippen molar-refractivity contribution in [3.63, 3.8) is 0 Å². The smallest absolute Gasteiger partial charge is 0.410 e. The maximum Gasteiger partial charge on any atom is 0.410 e. The number of carboxylic acid groups (broad SMARTS) is 1. The van der Waals surface area contributed by atoms with Gasteiger partial charge in [0.1, 0.15) is 12.1 Å². The number of amides is 3. The molecular formula is C17H29N3O5. The predicted octanol–water partition coefficient (Wildman–Crippen LogP) is 1.99. The summed E-state index contributed by atoms with van der Waals surface area (Å²) in [5, 5.41) is 9.22. The summed E-state index contributed by atoms with van der Waals surface area (Å²) in [5.41, 5.74) is -0.587. The Labute approximate surface area is 148 Å². The number of piperidine rings is 1. The first-order chi connectivity index (χ1) is 11.7. The third-order valence-corrected chi connectivity index (χ3v) is 4.42. The van der Waals surface area contributed by atoms with Gasteiger partial charge in [0.15, 0.2) is 0 Å². The van der Waals surface area contributed by atoms with Crippen LogP contribution >= 0.6 is 0 Å². The van der Waals surface area contributed by atoms with Crippen LogP contribution in [0.25, 0.3) is 0 Å². The average molecular weight is 355 g/mol. The van der Waals surface area contributed by atoms with Gasteiger partial charge in [0, 0.05) is 26.2 Å². The van der Waals surface area contributed by atoms with E-state index in [0.717, 1.165) is 12.8 Å². The lowest BCUT2D eigenvalue weighted by Crippen LogP contribution is -2.56. The molecule has 8 heteroatoms. The van der Waals surface area contributed by atoms with Crippen molar-refractivity contribution in [1.29, 1.82) is 0 Å². The highest BCUT2D eigenvalue weighted by Crippen LogP contribution is 2.21. The van der Waals surface area contributed by atoms with Crippen LogP contribution in [-0.2, 0) is 9.53 Å². The number of aliphatic carboxylic acids is 1. The molecule has 0 aromatic heterocycles. The molecule has 2 rings (SSSR count). The Balaban J connectivity index is 2.06. The summed E-state index contributed by atoms with van der Waals surface area (Å²) in [6, 6.07) is -0.540. The molecule has 0 radical (unpaired) electrons. The number of hydrogen-bond donors (Lipinski definition) is 1. The summed E-state index contributed by atoms with van der Waals surface area (Å²) in [6.07, 6.45) is 2.88. The minimum Gasteiger partial charge on any atom is -0.480 e. The topological polar surface area (TPSA) is 90.4 Å². The fourth-order valence-electron chi connectivity index (χ4n) is 3.29. The molecule has 1 N–H and O–H groups in total. The van der Waals surface area contributed by atoms with E-state index >= 15 is 0 Å². The van der Waals surface area contributed by atoms with Gasteiger partial charge in [0.2, 0.25) is 0 Å². The molecule has 2 aliphatic heterocycles. The van der Waals surface area contributed by atoms with Gasteiger partial charge in [-0.05, 0) is 46.5 Å². The Bertz CT molecular complexity index is 511. The SMILES string of the molecule is CC(C)(C)OC(=O)N1CCCC(N(CC(=O)O)C(=O)N2CCCC2)C1. The number of carbonyl (C=O) groups is 3. The van der Waals surface area contributed by atoms with E-state index < -0.39 is 17.7 Å².